The number of primary amides is 1. The van der Waals surface area contributed by atoms with Crippen LogP contribution in [0.15, 0.2) is 18.2 Å². The lowest BCUT2D eigenvalue weighted by Gasteiger charge is -2.45. The maximum Gasteiger partial charge on any atom is 0.255 e. The average Bonchev–Trinajstić information content (AvgIpc) is 2.59. The third kappa shape index (κ3) is 4.85. The Balaban J connectivity index is 0.00000392. The van der Waals surface area contributed by atoms with Gasteiger partial charge in [0.15, 0.2) is 0 Å². The Morgan fingerprint density at radius 2 is 1.86 bits per heavy atom. The largest absolute Gasteiger partial charge is 0.366 e. The van der Waals surface area contributed by atoms with Gasteiger partial charge in [0.25, 0.3) is 5.91 Å². The van der Waals surface area contributed by atoms with Gasteiger partial charge in [-0.2, -0.15) is 4.31 Å². The number of fused-ring (bicyclic) bond motifs is 1. The van der Waals surface area contributed by atoms with Crippen molar-refractivity contribution in [1.82, 2.24) is 9.21 Å². The number of nitrogens with zero attached hydrogens (tertiary/aromatic N) is 2. The van der Waals surface area contributed by atoms with Crippen LogP contribution in [0.4, 0.5) is 0 Å². The molecule has 1 aliphatic heterocycles. The molecule has 1 heterocycles. The van der Waals surface area contributed by atoms with E-state index in [4.69, 9.17) is 5.73 Å². The fourth-order valence-corrected chi connectivity index (χ4v) is 4.43. The first-order valence-electron chi connectivity index (χ1n) is 9.30. The SMILES string of the molecule is CCCC(CCC)N1C(=O)c2cccc(C(N)=O)c2CC1N(C)S(C)(=O)=O.Cl. The van der Waals surface area contributed by atoms with Gasteiger partial charge in [-0.05, 0) is 30.5 Å². The minimum atomic E-state index is -3.53. The molecule has 1 unspecified atom stereocenters. The summed E-state index contributed by atoms with van der Waals surface area (Å²) in [6.45, 7) is 4.09. The molecule has 1 aliphatic rings. The Morgan fingerprint density at radius 1 is 1.29 bits per heavy atom. The number of benzene rings is 1. The lowest BCUT2D eigenvalue weighted by molar-refractivity contribution is 0.0322. The number of sulfonamides is 1. The van der Waals surface area contributed by atoms with Crippen molar-refractivity contribution < 1.29 is 18.0 Å². The molecule has 158 valence electrons. The number of amides is 2. The van der Waals surface area contributed by atoms with E-state index in [0.29, 0.717) is 11.1 Å². The van der Waals surface area contributed by atoms with E-state index in [1.54, 1.807) is 23.1 Å². The lowest BCUT2D eigenvalue weighted by atomic mass is 9.89. The number of likely N-dealkylation sites (N-methyl/N-ethyl adjacent to an activating group) is 1. The molecule has 0 bridgehead atoms. The number of hydrogen-bond acceptors (Lipinski definition) is 4. The van der Waals surface area contributed by atoms with E-state index in [9.17, 15) is 18.0 Å². The van der Waals surface area contributed by atoms with Gasteiger partial charge in [-0.3, -0.25) is 9.59 Å². The van der Waals surface area contributed by atoms with Crippen molar-refractivity contribution in [3.8, 4) is 0 Å². The van der Waals surface area contributed by atoms with Crippen molar-refractivity contribution in [2.75, 3.05) is 13.3 Å². The molecular weight excluding hydrogens is 402 g/mol. The van der Waals surface area contributed by atoms with E-state index in [-0.39, 0.29) is 36.3 Å². The van der Waals surface area contributed by atoms with E-state index in [2.05, 4.69) is 0 Å². The topological polar surface area (TPSA) is 101 Å². The highest BCUT2D eigenvalue weighted by Gasteiger charge is 2.41. The van der Waals surface area contributed by atoms with Crippen molar-refractivity contribution in [3.05, 3.63) is 34.9 Å². The quantitative estimate of drug-likeness (QED) is 0.682. The Labute approximate surface area is 173 Å². The van der Waals surface area contributed by atoms with Gasteiger partial charge >= 0.3 is 0 Å². The summed E-state index contributed by atoms with van der Waals surface area (Å²) in [5.41, 5.74) is 6.72. The Bertz CT molecular complexity index is 822. The van der Waals surface area contributed by atoms with Crippen LogP contribution in [0.25, 0.3) is 0 Å². The smallest absolute Gasteiger partial charge is 0.255 e. The summed E-state index contributed by atoms with van der Waals surface area (Å²) in [6.07, 6.45) is 4.05. The van der Waals surface area contributed by atoms with Crippen LogP contribution in [-0.4, -0.2) is 54.9 Å². The van der Waals surface area contributed by atoms with Crippen molar-refractivity contribution >= 4 is 34.2 Å². The van der Waals surface area contributed by atoms with Gasteiger partial charge in [-0.1, -0.05) is 32.8 Å². The first-order chi connectivity index (χ1) is 12.6. The van der Waals surface area contributed by atoms with Gasteiger partial charge in [0.2, 0.25) is 15.9 Å². The third-order valence-electron chi connectivity index (χ3n) is 5.19. The van der Waals surface area contributed by atoms with Crippen molar-refractivity contribution in [3.63, 3.8) is 0 Å². The van der Waals surface area contributed by atoms with Crippen LogP contribution in [0.2, 0.25) is 0 Å². The Hall–Kier alpha value is -1.64. The molecule has 0 spiro atoms. The summed E-state index contributed by atoms with van der Waals surface area (Å²) >= 11 is 0. The zero-order chi connectivity index (χ0) is 20.4. The molecule has 0 aliphatic carbocycles. The van der Waals surface area contributed by atoms with E-state index in [0.717, 1.165) is 31.9 Å². The van der Waals surface area contributed by atoms with Gasteiger partial charge in [0.05, 0.1) is 6.26 Å². The number of hydrogen-bond donors (Lipinski definition) is 1. The standard InChI is InChI=1S/C19H29N3O4S.ClH/c1-5-8-13(9-6-2)22-17(21(3)27(4,25)26)12-16-14(18(20)23)10-7-11-15(16)19(22)24;/h7,10-11,13,17H,5-6,8-9,12H2,1-4H3,(H2,20,23);1H. The molecule has 0 radical (unpaired) electrons. The molecule has 0 aromatic heterocycles. The van der Waals surface area contributed by atoms with Crippen LogP contribution in [0.1, 0.15) is 65.8 Å². The van der Waals surface area contributed by atoms with Gasteiger partial charge in [0.1, 0.15) is 6.17 Å². The maximum atomic E-state index is 13.4. The first-order valence-corrected chi connectivity index (χ1v) is 11.2. The molecule has 1 aromatic rings. The summed E-state index contributed by atoms with van der Waals surface area (Å²) in [4.78, 5) is 26.9. The van der Waals surface area contributed by atoms with Crippen LogP contribution in [-0.2, 0) is 16.4 Å². The van der Waals surface area contributed by atoms with E-state index >= 15 is 0 Å². The molecule has 0 saturated carbocycles. The second kappa shape index (κ2) is 9.71. The van der Waals surface area contributed by atoms with Crippen molar-refractivity contribution in [2.45, 2.75) is 58.2 Å². The first kappa shape index (κ1) is 24.4. The predicted molar refractivity (Wildman–Crippen MR) is 112 cm³/mol. The summed E-state index contributed by atoms with van der Waals surface area (Å²) in [6, 6.07) is 4.84. The summed E-state index contributed by atoms with van der Waals surface area (Å²) in [7, 11) is -2.06. The van der Waals surface area contributed by atoms with Gasteiger partial charge in [-0.25, -0.2) is 8.42 Å². The second-order valence-corrected chi connectivity index (χ2v) is 9.15. The van der Waals surface area contributed by atoms with Crippen LogP contribution >= 0.6 is 12.4 Å². The van der Waals surface area contributed by atoms with Gasteiger partial charge in [0, 0.05) is 30.6 Å². The monoisotopic (exact) mass is 431 g/mol. The second-order valence-electron chi connectivity index (χ2n) is 7.10. The molecule has 9 heteroatoms. The van der Waals surface area contributed by atoms with Crippen LogP contribution in [0.5, 0.6) is 0 Å². The summed E-state index contributed by atoms with van der Waals surface area (Å²) in [5, 5.41) is 0. The molecule has 2 rings (SSSR count). The van der Waals surface area contributed by atoms with Gasteiger partial charge < -0.3 is 10.6 Å². The van der Waals surface area contributed by atoms with Crippen molar-refractivity contribution in [2.24, 2.45) is 5.73 Å². The lowest BCUT2D eigenvalue weighted by Crippen LogP contribution is -2.58. The highest BCUT2D eigenvalue weighted by Crippen LogP contribution is 2.32. The molecule has 0 fully saturated rings. The highest BCUT2D eigenvalue weighted by atomic mass is 35.5. The van der Waals surface area contributed by atoms with Gasteiger partial charge in [-0.15, -0.1) is 12.4 Å². The molecule has 2 amide bonds. The Morgan fingerprint density at radius 3 is 2.32 bits per heavy atom. The van der Waals surface area contributed by atoms with Crippen molar-refractivity contribution in [1.29, 1.82) is 0 Å². The number of carbonyl (C=O) groups excluding carboxylic acids is 2. The van der Waals surface area contributed by atoms with Crippen LogP contribution in [0, 0.1) is 0 Å². The fourth-order valence-electron chi connectivity index (χ4n) is 3.82. The minimum Gasteiger partial charge on any atom is -0.366 e. The summed E-state index contributed by atoms with van der Waals surface area (Å²) < 4.78 is 25.7. The highest BCUT2D eigenvalue weighted by molar-refractivity contribution is 7.88. The fraction of sp³-hybridized carbons (Fsp3) is 0.579. The maximum absolute atomic E-state index is 13.4. The number of rotatable bonds is 8. The summed E-state index contributed by atoms with van der Waals surface area (Å²) in [5.74, 6) is -0.862. The number of halogens is 1. The molecule has 28 heavy (non-hydrogen) atoms. The normalized spacial score (nSPS) is 16.9. The van der Waals surface area contributed by atoms with Crippen LogP contribution in [0.3, 0.4) is 0 Å². The zero-order valence-electron chi connectivity index (χ0n) is 16.8. The van der Waals surface area contributed by atoms with E-state index < -0.39 is 22.1 Å². The van der Waals surface area contributed by atoms with E-state index in [1.807, 2.05) is 13.8 Å². The minimum absolute atomic E-state index is 0. The average molecular weight is 432 g/mol. The molecule has 1 atom stereocenters. The van der Waals surface area contributed by atoms with E-state index in [1.165, 1.54) is 11.4 Å². The Kier molecular flexibility index (Phi) is 8.46. The molecule has 1 aromatic carbocycles. The third-order valence-corrected chi connectivity index (χ3v) is 6.48. The number of carbonyl (C=O) groups is 2. The molecule has 7 nitrogen and oxygen atoms in total. The molecular formula is C19H30ClN3O4S. The molecule has 2 N–H and O–H groups in total. The number of nitrogens with two attached hydrogens (primary N) is 1. The zero-order valence-corrected chi connectivity index (χ0v) is 18.5. The molecule has 0 saturated heterocycles. The van der Waals surface area contributed by atoms with Crippen LogP contribution < -0.4 is 5.73 Å². The predicted octanol–water partition coefficient (Wildman–Crippen LogP) is 2.39.